The van der Waals surface area contributed by atoms with Crippen molar-refractivity contribution in [1.82, 2.24) is 0 Å². The zero-order valence-electron chi connectivity index (χ0n) is 54.1. The second kappa shape index (κ2) is 19.1. The summed E-state index contributed by atoms with van der Waals surface area (Å²) in [5.41, 5.74) is 0. The number of hydrogen-bond acceptors (Lipinski definition) is 0. The number of hydrogen-bond donors (Lipinski definition) is 0. The van der Waals surface area contributed by atoms with Crippen molar-refractivity contribution < 1.29 is 0 Å². The van der Waals surface area contributed by atoms with E-state index in [9.17, 15) is 0 Å². The molecule has 0 rings (SSSR count). The highest BCUT2D eigenvalue weighted by atomic mass is 30.1. The minimum atomic E-state index is -1.50. The van der Waals surface area contributed by atoms with Gasteiger partial charge in [0.1, 0.15) is 0 Å². The highest BCUT2D eigenvalue weighted by molar-refractivity contribution is 8.08. The van der Waals surface area contributed by atoms with Crippen molar-refractivity contribution in [3.8, 4) is 0 Å². The second-order valence-corrected chi connectivity index (χ2v) is 266. The largest absolute Gasteiger partial charge is 0.0735 e. The van der Waals surface area contributed by atoms with E-state index in [1.54, 1.807) is 18.5 Å². The highest BCUT2D eigenvalue weighted by Crippen LogP contribution is 2.51. The van der Waals surface area contributed by atoms with E-state index in [1.165, 1.54) is 0 Å². The van der Waals surface area contributed by atoms with Gasteiger partial charge in [-0.25, -0.2) is 0 Å². The SMILES string of the molecule is C[Si](C)(C)[Si](C)(C)[Si](C)(C)[Si](C)(C)[Si](C)(C)[Si](C)(C)[Si](C)(C)[Si](C)(C)[Si](C)(C)[Si](C)(C)CCC[Si](C)(C)[Si](C)(C)[Si](C)(C)[Si](C)(C)[Si](C)(C)[Si](C)(C)[Si](C)(C)[Si](C)(C)[Si](C)(C)[Si](C)(C)C. The summed E-state index contributed by atoms with van der Waals surface area (Å²) in [6.07, 6.45) is 1.58. The lowest BCUT2D eigenvalue weighted by molar-refractivity contribution is 1.03. The molecule has 0 aromatic heterocycles. The zero-order chi connectivity index (χ0) is 54.1. The van der Waals surface area contributed by atoms with Crippen LogP contribution in [-0.2, 0) is 0 Å². The maximum atomic E-state index is 3.08. The van der Waals surface area contributed by atoms with Crippen molar-refractivity contribution in [2.45, 2.75) is 293 Å². The van der Waals surface area contributed by atoms with Gasteiger partial charge in [0.05, 0.1) is 0 Å². The Morgan fingerprint density at radius 3 is 0.369 bits per heavy atom. The van der Waals surface area contributed by atoms with E-state index < -0.39 is 144 Å². The quantitative estimate of drug-likeness (QED) is 0.0948. The minimum absolute atomic E-state index is 1.18. The molecule has 0 nitrogen and oxygen atoms in total. The Kier molecular flexibility index (Phi) is 20.4. The summed E-state index contributed by atoms with van der Waals surface area (Å²) in [6.45, 7) is 126. The third kappa shape index (κ3) is 9.89. The molecule has 0 saturated carbocycles. The van der Waals surface area contributed by atoms with Crippen LogP contribution in [0, 0.1) is 0 Å². The summed E-state index contributed by atoms with van der Waals surface area (Å²) in [6, 6.07) is 3.29. The second-order valence-electron chi connectivity index (χ2n) is 35.1. The fraction of sp³-hybridized carbons (Fsp3) is 1.00. The van der Waals surface area contributed by atoms with Gasteiger partial charge in [-0.05, 0) is 0 Å². The van der Waals surface area contributed by atoms with Crippen molar-refractivity contribution >= 4 is 144 Å². The van der Waals surface area contributed by atoms with Crippen LogP contribution in [0.5, 0.6) is 0 Å². The Bertz CT molecular complexity index is 1550. The Morgan fingerprint density at radius 2 is 0.246 bits per heavy atom. The van der Waals surface area contributed by atoms with Gasteiger partial charge in [0.2, 0.25) is 0 Å². The van der Waals surface area contributed by atoms with Gasteiger partial charge < -0.3 is 0 Å². The van der Waals surface area contributed by atoms with E-state index in [4.69, 9.17) is 0 Å². The molecule has 0 aliphatic heterocycles. The first kappa shape index (κ1) is 69.3. The van der Waals surface area contributed by atoms with Crippen LogP contribution in [-0.4, -0.2) is 144 Å². The van der Waals surface area contributed by atoms with Gasteiger partial charge >= 0.3 is 0 Å². The van der Waals surface area contributed by atoms with Gasteiger partial charge in [-0.15, -0.1) is 0 Å². The van der Waals surface area contributed by atoms with Gasteiger partial charge in [-0.1, -0.05) is 293 Å². The molecule has 0 aliphatic carbocycles. The minimum Gasteiger partial charge on any atom is -0.0735 e. The first-order valence-corrected chi connectivity index (χ1v) is 107. The molecule has 0 aromatic rings. The monoisotopic (exact) mass is 1230 g/mol. The first-order valence-electron chi connectivity index (χ1n) is 27.2. The predicted octanol–water partition coefficient (Wildman–Crippen LogP) is 18.2. The van der Waals surface area contributed by atoms with Crippen molar-refractivity contribution in [2.24, 2.45) is 0 Å². The topological polar surface area (TPSA) is 0 Å². The third-order valence-corrected chi connectivity index (χ3v) is 482. The third-order valence-electron chi connectivity index (χ3n) is 30.6. The molecule has 0 unspecified atom stereocenters. The average Bonchev–Trinajstić information content (AvgIpc) is 3.05. The molecule has 0 bridgehead atoms. The van der Waals surface area contributed by atoms with Crippen LogP contribution in [0.3, 0.4) is 0 Å². The Labute approximate surface area is 433 Å². The van der Waals surface area contributed by atoms with E-state index in [2.05, 4.69) is 275 Å². The van der Waals surface area contributed by atoms with E-state index >= 15 is 0 Å². The lowest BCUT2D eigenvalue weighted by atomic mass is 10.6. The normalized spacial score (nSPS) is 17.3. The summed E-state index contributed by atoms with van der Waals surface area (Å²) in [5.74, 6) is 0. The fourth-order valence-electron chi connectivity index (χ4n) is 14.5. The maximum Gasteiger partial charge on any atom is 0.0384 e. The lowest BCUT2D eigenvalue weighted by Crippen LogP contribution is -2.94. The van der Waals surface area contributed by atoms with Crippen molar-refractivity contribution in [2.75, 3.05) is 0 Å². The molecular formula is C45H132Si20. The van der Waals surface area contributed by atoms with Gasteiger partial charge in [0, 0.05) is 144 Å². The Hall–Kier alpha value is 4.34. The molecule has 65 heavy (non-hydrogen) atoms. The smallest absolute Gasteiger partial charge is 0.0384 e. The Balaban J connectivity index is 7.14. The fourth-order valence-corrected chi connectivity index (χ4v) is 643. The summed E-state index contributed by atoms with van der Waals surface area (Å²) in [7, 11) is -28.2. The van der Waals surface area contributed by atoms with Crippen LogP contribution in [0.4, 0.5) is 0 Å². The maximum absolute atomic E-state index is 3.08. The molecule has 0 aliphatic rings. The first-order chi connectivity index (χ1) is 27.2. The molecule has 0 spiro atoms. The van der Waals surface area contributed by atoms with Gasteiger partial charge in [-0.2, -0.15) is 0 Å². The molecule has 0 amide bonds. The summed E-state index contributed by atoms with van der Waals surface area (Å²) in [4.78, 5) is 0. The molecule has 20 heteroatoms. The summed E-state index contributed by atoms with van der Waals surface area (Å²) in [5, 5.41) is 0. The van der Waals surface area contributed by atoms with Gasteiger partial charge in [-0.3, -0.25) is 0 Å². The van der Waals surface area contributed by atoms with E-state index in [1.807, 2.05) is 0 Å². The van der Waals surface area contributed by atoms with Crippen molar-refractivity contribution in [3.63, 3.8) is 0 Å². The van der Waals surface area contributed by atoms with Crippen LogP contribution in [0.15, 0.2) is 0 Å². The molecule has 0 aromatic carbocycles. The summed E-state index contributed by atoms with van der Waals surface area (Å²) < 4.78 is 0. The molecule has 0 atom stereocenters. The van der Waals surface area contributed by atoms with Crippen molar-refractivity contribution in [3.05, 3.63) is 0 Å². The van der Waals surface area contributed by atoms with Crippen LogP contribution in [0.25, 0.3) is 0 Å². The summed E-state index contributed by atoms with van der Waals surface area (Å²) >= 11 is 0. The van der Waals surface area contributed by atoms with Crippen LogP contribution in [0.2, 0.25) is 287 Å². The van der Waals surface area contributed by atoms with Crippen LogP contribution < -0.4 is 0 Å². The average molecular weight is 1240 g/mol. The standard InChI is InChI=1S/C45H132Si20/c1-46(2,3)50(11,12)54(19,20)58(27,28)62(35,36)64(39,40)60(31,32)56(23,24)52(15,16)48(7,8)44-43-45-49(9,10)53(17,18)57(25,26)61(33,34)65(41,42)63(37,38)59(29,30)55(21,22)51(13,14)47(4,5)6/h43-45H2,1-42H3. The molecule has 392 valence electrons. The molecule has 0 radical (unpaired) electrons. The highest BCUT2D eigenvalue weighted by Gasteiger charge is 2.74. The van der Waals surface area contributed by atoms with Crippen molar-refractivity contribution in [1.29, 1.82) is 0 Å². The molecule has 0 saturated heterocycles. The van der Waals surface area contributed by atoms with E-state index in [0.29, 0.717) is 0 Å². The molecule has 0 fully saturated rings. The van der Waals surface area contributed by atoms with E-state index in [0.717, 1.165) is 0 Å². The van der Waals surface area contributed by atoms with Crippen LogP contribution in [0.1, 0.15) is 6.42 Å². The molecule has 0 N–H and O–H groups in total. The molecular weight excluding hydrogens is 1100 g/mol. The number of rotatable bonds is 22. The Morgan fingerprint density at radius 1 is 0.138 bits per heavy atom. The van der Waals surface area contributed by atoms with E-state index in [-0.39, 0.29) is 0 Å². The molecule has 0 heterocycles. The van der Waals surface area contributed by atoms with Gasteiger partial charge in [0.15, 0.2) is 0 Å². The zero-order valence-corrected chi connectivity index (χ0v) is 74.1. The van der Waals surface area contributed by atoms with Crippen LogP contribution >= 0.6 is 0 Å². The lowest BCUT2D eigenvalue weighted by Gasteiger charge is -2.67. The predicted molar refractivity (Wildman–Crippen MR) is 376 cm³/mol. The van der Waals surface area contributed by atoms with Gasteiger partial charge in [0.25, 0.3) is 0 Å².